The molecule has 0 bridgehead atoms. The Labute approximate surface area is 87.7 Å². The maximum atomic E-state index is 4.43. The number of hydrogen-bond acceptors (Lipinski definition) is 3. The van der Waals surface area contributed by atoms with E-state index in [2.05, 4.69) is 26.6 Å². The number of fused-ring (bicyclic) bond motifs is 1. The number of nitrogens with zero attached hydrogens (tertiary/aromatic N) is 2. The summed E-state index contributed by atoms with van der Waals surface area (Å²) in [6.45, 7) is 0. The minimum absolute atomic E-state index is 0.332. The van der Waals surface area contributed by atoms with Crippen molar-refractivity contribution in [2.75, 3.05) is 5.32 Å². The zero-order valence-corrected chi connectivity index (χ0v) is 8.27. The Morgan fingerprint density at radius 2 is 2.47 bits per heavy atom. The summed E-state index contributed by atoms with van der Waals surface area (Å²) in [5.41, 5.74) is 3.57. The Morgan fingerprint density at radius 3 is 3.33 bits per heavy atom. The second-order valence-electron chi connectivity index (χ2n) is 3.77. The summed E-state index contributed by atoms with van der Waals surface area (Å²) >= 11 is 0. The standard InChI is InChI=1S/C11H12N4/c1-2-8-3-4-10(11(8)12-5-1)15-9-6-13-14-7-9/h1-2,5-7,10,15H,3-4H2,(H,13,14). The van der Waals surface area contributed by atoms with Gasteiger partial charge in [-0.2, -0.15) is 5.10 Å². The van der Waals surface area contributed by atoms with E-state index in [9.17, 15) is 0 Å². The third kappa shape index (κ3) is 1.48. The first-order valence-corrected chi connectivity index (χ1v) is 5.12. The molecule has 0 radical (unpaired) electrons. The normalized spacial score (nSPS) is 18.8. The van der Waals surface area contributed by atoms with Crippen molar-refractivity contribution in [1.82, 2.24) is 15.2 Å². The van der Waals surface area contributed by atoms with E-state index in [4.69, 9.17) is 0 Å². The quantitative estimate of drug-likeness (QED) is 0.778. The van der Waals surface area contributed by atoms with Gasteiger partial charge in [-0.05, 0) is 24.5 Å². The molecule has 3 rings (SSSR count). The lowest BCUT2D eigenvalue weighted by Gasteiger charge is -2.12. The second kappa shape index (κ2) is 3.38. The first kappa shape index (κ1) is 8.47. The van der Waals surface area contributed by atoms with E-state index in [0.29, 0.717) is 6.04 Å². The zero-order valence-electron chi connectivity index (χ0n) is 8.27. The highest BCUT2D eigenvalue weighted by atomic mass is 15.1. The van der Waals surface area contributed by atoms with Crippen molar-refractivity contribution in [1.29, 1.82) is 0 Å². The number of aromatic nitrogens is 3. The van der Waals surface area contributed by atoms with Gasteiger partial charge in [-0.1, -0.05) is 6.07 Å². The van der Waals surface area contributed by atoms with Crippen molar-refractivity contribution < 1.29 is 0 Å². The van der Waals surface area contributed by atoms with Crippen molar-refractivity contribution in [3.8, 4) is 0 Å². The summed E-state index contributed by atoms with van der Waals surface area (Å²) in [6, 6.07) is 4.48. The lowest BCUT2D eigenvalue weighted by molar-refractivity contribution is 0.746. The molecule has 2 aromatic rings. The predicted molar refractivity (Wildman–Crippen MR) is 57.5 cm³/mol. The summed E-state index contributed by atoms with van der Waals surface area (Å²) in [6.07, 6.45) is 7.73. The minimum atomic E-state index is 0.332. The molecule has 76 valence electrons. The number of hydrogen-bond donors (Lipinski definition) is 2. The monoisotopic (exact) mass is 200 g/mol. The molecule has 0 fully saturated rings. The molecule has 0 spiro atoms. The van der Waals surface area contributed by atoms with Gasteiger partial charge >= 0.3 is 0 Å². The smallest absolute Gasteiger partial charge is 0.0729 e. The van der Waals surface area contributed by atoms with Crippen LogP contribution >= 0.6 is 0 Å². The van der Waals surface area contributed by atoms with Gasteiger partial charge in [-0.25, -0.2) is 0 Å². The Morgan fingerprint density at radius 1 is 1.47 bits per heavy atom. The van der Waals surface area contributed by atoms with E-state index in [0.717, 1.165) is 18.5 Å². The third-order valence-electron chi connectivity index (χ3n) is 2.80. The number of rotatable bonds is 2. The van der Waals surface area contributed by atoms with Crippen molar-refractivity contribution in [2.45, 2.75) is 18.9 Å². The van der Waals surface area contributed by atoms with Crippen LogP contribution in [0.3, 0.4) is 0 Å². The first-order valence-electron chi connectivity index (χ1n) is 5.12. The molecule has 0 amide bonds. The van der Waals surface area contributed by atoms with Gasteiger partial charge in [0.15, 0.2) is 0 Å². The summed E-state index contributed by atoms with van der Waals surface area (Å²) in [5, 5.41) is 10.1. The Kier molecular flexibility index (Phi) is 1.91. The third-order valence-corrected chi connectivity index (χ3v) is 2.80. The number of anilines is 1. The van der Waals surface area contributed by atoms with Crippen LogP contribution in [0.15, 0.2) is 30.7 Å². The van der Waals surface area contributed by atoms with Crippen LogP contribution in [0.5, 0.6) is 0 Å². The average molecular weight is 200 g/mol. The Bertz CT molecular complexity index is 449. The lowest BCUT2D eigenvalue weighted by Crippen LogP contribution is -2.07. The van der Waals surface area contributed by atoms with Crippen LogP contribution in [0, 0.1) is 0 Å². The van der Waals surface area contributed by atoms with Gasteiger partial charge in [-0.15, -0.1) is 0 Å². The number of aryl methyl sites for hydroxylation is 1. The number of H-pyrrole nitrogens is 1. The molecule has 1 aliphatic carbocycles. The molecule has 0 aliphatic heterocycles. The fraction of sp³-hybridized carbons (Fsp3) is 0.273. The topological polar surface area (TPSA) is 53.6 Å². The highest BCUT2D eigenvalue weighted by molar-refractivity contribution is 5.43. The van der Waals surface area contributed by atoms with Gasteiger partial charge in [0.2, 0.25) is 0 Å². The zero-order chi connectivity index (χ0) is 10.1. The molecule has 1 aliphatic rings. The fourth-order valence-electron chi connectivity index (χ4n) is 2.08. The van der Waals surface area contributed by atoms with E-state index in [1.807, 2.05) is 18.5 Å². The molecule has 0 aromatic carbocycles. The SMILES string of the molecule is c1cnc2c(c1)CCC2Nc1cn[nH]c1. The second-order valence-corrected chi connectivity index (χ2v) is 3.77. The number of aromatic amines is 1. The summed E-state index contributed by atoms with van der Waals surface area (Å²) in [7, 11) is 0. The van der Waals surface area contributed by atoms with Crippen LogP contribution in [-0.2, 0) is 6.42 Å². The van der Waals surface area contributed by atoms with E-state index in [-0.39, 0.29) is 0 Å². The van der Waals surface area contributed by atoms with Crippen molar-refractivity contribution in [3.63, 3.8) is 0 Å². The molecule has 15 heavy (non-hydrogen) atoms. The molecule has 0 saturated carbocycles. The molecular formula is C11H12N4. The minimum Gasteiger partial charge on any atom is -0.374 e. The van der Waals surface area contributed by atoms with Crippen LogP contribution < -0.4 is 5.32 Å². The summed E-state index contributed by atoms with van der Waals surface area (Å²) in [5.74, 6) is 0. The molecule has 2 N–H and O–H groups in total. The van der Waals surface area contributed by atoms with Crippen LogP contribution in [-0.4, -0.2) is 15.2 Å². The summed E-state index contributed by atoms with van der Waals surface area (Å²) in [4.78, 5) is 4.43. The summed E-state index contributed by atoms with van der Waals surface area (Å²) < 4.78 is 0. The van der Waals surface area contributed by atoms with Crippen LogP contribution in [0.2, 0.25) is 0 Å². The van der Waals surface area contributed by atoms with E-state index in [1.54, 1.807) is 6.20 Å². The molecule has 1 atom stereocenters. The maximum absolute atomic E-state index is 4.43. The Hall–Kier alpha value is -1.84. The van der Waals surface area contributed by atoms with Gasteiger partial charge in [0.1, 0.15) is 0 Å². The van der Waals surface area contributed by atoms with Crippen LogP contribution in [0.4, 0.5) is 5.69 Å². The fourth-order valence-corrected chi connectivity index (χ4v) is 2.08. The number of pyridine rings is 1. The molecular weight excluding hydrogens is 188 g/mol. The van der Waals surface area contributed by atoms with Gasteiger partial charge in [0, 0.05) is 12.4 Å². The first-order chi connectivity index (χ1) is 7.43. The van der Waals surface area contributed by atoms with Crippen LogP contribution in [0.1, 0.15) is 23.7 Å². The Balaban J connectivity index is 1.85. The van der Waals surface area contributed by atoms with Crippen LogP contribution in [0.25, 0.3) is 0 Å². The van der Waals surface area contributed by atoms with Crippen molar-refractivity contribution >= 4 is 5.69 Å². The van der Waals surface area contributed by atoms with Gasteiger partial charge in [0.25, 0.3) is 0 Å². The van der Waals surface area contributed by atoms with E-state index >= 15 is 0 Å². The van der Waals surface area contributed by atoms with Crippen molar-refractivity contribution in [2.24, 2.45) is 0 Å². The molecule has 1 unspecified atom stereocenters. The molecule has 4 nitrogen and oxygen atoms in total. The molecule has 2 heterocycles. The maximum Gasteiger partial charge on any atom is 0.0729 e. The number of nitrogens with one attached hydrogen (secondary N) is 2. The lowest BCUT2D eigenvalue weighted by atomic mass is 10.2. The molecule has 0 saturated heterocycles. The molecule has 2 aromatic heterocycles. The van der Waals surface area contributed by atoms with E-state index in [1.165, 1.54) is 11.3 Å². The predicted octanol–water partition coefficient (Wildman–Crippen LogP) is 1.90. The van der Waals surface area contributed by atoms with Gasteiger partial charge in [-0.3, -0.25) is 10.1 Å². The van der Waals surface area contributed by atoms with E-state index < -0.39 is 0 Å². The van der Waals surface area contributed by atoms with Crippen molar-refractivity contribution in [3.05, 3.63) is 42.0 Å². The highest BCUT2D eigenvalue weighted by Gasteiger charge is 2.23. The van der Waals surface area contributed by atoms with Gasteiger partial charge in [0.05, 0.1) is 23.6 Å². The van der Waals surface area contributed by atoms with Gasteiger partial charge < -0.3 is 5.32 Å². The highest BCUT2D eigenvalue weighted by Crippen LogP contribution is 2.31. The average Bonchev–Trinajstić information content (AvgIpc) is 2.89. The molecule has 4 heteroatoms. The largest absolute Gasteiger partial charge is 0.374 e.